The van der Waals surface area contributed by atoms with Gasteiger partial charge in [0.05, 0.1) is 5.69 Å². The molecule has 4 heteroatoms. The minimum atomic E-state index is -0.346. The number of rotatable bonds is 4. The molecular weight excluding hydrogens is 240 g/mol. The van der Waals surface area contributed by atoms with E-state index in [1.165, 1.54) is 0 Å². The first-order valence-electron chi connectivity index (χ1n) is 6.29. The largest absolute Gasteiger partial charge is 0.456 e. The molecule has 0 atom stereocenters. The van der Waals surface area contributed by atoms with Crippen molar-refractivity contribution in [2.24, 2.45) is 0 Å². The highest BCUT2D eigenvalue weighted by Gasteiger charge is 2.13. The molecule has 0 aliphatic carbocycles. The maximum Gasteiger partial charge on any atom is 0.355 e. The molecule has 2 N–H and O–H groups in total. The van der Waals surface area contributed by atoms with Gasteiger partial charge in [0.15, 0.2) is 0 Å². The standard InChI is InChI=1S/C15H18N2O2/c1-3-17-9-13(16)8-14(17)15(18)19-10-12-7-5-4-6-11(12)2/h4-9H,3,10,16H2,1-2H3. The van der Waals surface area contributed by atoms with Crippen LogP contribution < -0.4 is 5.73 Å². The molecule has 1 aromatic heterocycles. The van der Waals surface area contributed by atoms with Crippen LogP contribution in [0.3, 0.4) is 0 Å². The fraction of sp³-hybridized carbons (Fsp3) is 0.267. The molecule has 0 saturated carbocycles. The average Bonchev–Trinajstić information content (AvgIpc) is 2.79. The molecule has 4 nitrogen and oxygen atoms in total. The van der Waals surface area contributed by atoms with E-state index in [9.17, 15) is 4.79 Å². The summed E-state index contributed by atoms with van der Waals surface area (Å²) >= 11 is 0. The van der Waals surface area contributed by atoms with Crippen LogP contribution in [0.4, 0.5) is 5.69 Å². The lowest BCUT2D eigenvalue weighted by Gasteiger charge is -2.08. The van der Waals surface area contributed by atoms with Crippen molar-refractivity contribution in [3.05, 3.63) is 53.3 Å². The third-order valence-electron chi connectivity index (χ3n) is 3.09. The molecule has 0 amide bonds. The number of ether oxygens (including phenoxy) is 1. The predicted octanol–water partition coefficient (Wildman–Crippen LogP) is 2.76. The van der Waals surface area contributed by atoms with Gasteiger partial charge in [-0.25, -0.2) is 4.79 Å². The van der Waals surface area contributed by atoms with Crippen LogP contribution in [-0.2, 0) is 17.9 Å². The minimum Gasteiger partial charge on any atom is -0.456 e. The summed E-state index contributed by atoms with van der Waals surface area (Å²) in [5.74, 6) is -0.346. The van der Waals surface area contributed by atoms with Crippen molar-refractivity contribution in [2.75, 3.05) is 5.73 Å². The smallest absolute Gasteiger partial charge is 0.355 e. The Labute approximate surface area is 112 Å². The van der Waals surface area contributed by atoms with Gasteiger partial charge in [-0.05, 0) is 31.0 Å². The molecule has 0 radical (unpaired) electrons. The topological polar surface area (TPSA) is 57.2 Å². The van der Waals surface area contributed by atoms with E-state index in [4.69, 9.17) is 10.5 Å². The Bertz CT molecular complexity index is 588. The Kier molecular flexibility index (Phi) is 3.90. The Morgan fingerprint density at radius 3 is 2.79 bits per heavy atom. The van der Waals surface area contributed by atoms with Crippen molar-refractivity contribution in [1.82, 2.24) is 4.57 Å². The van der Waals surface area contributed by atoms with E-state index < -0.39 is 0 Å². The first-order chi connectivity index (χ1) is 9.11. The number of nitrogen functional groups attached to an aromatic ring is 1. The third-order valence-corrected chi connectivity index (χ3v) is 3.09. The summed E-state index contributed by atoms with van der Waals surface area (Å²) in [4.78, 5) is 12.0. The molecule has 19 heavy (non-hydrogen) atoms. The molecular formula is C15H18N2O2. The van der Waals surface area contributed by atoms with Crippen molar-refractivity contribution in [1.29, 1.82) is 0 Å². The summed E-state index contributed by atoms with van der Waals surface area (Å²) in [6.07, 6.45) is 1.74. The third kappa shape index (κ3) is 2.96. The van der Waals surface area contributed by atoms with E-state index in [1.807, 2.05) is 38.1 Å². The second-order valence-corrected chi connectivity index (χ2v) is 4.45. The lowest BCUT2D eigenvalue weighted by Crippen LogP contribution is -2.11. The lowest BCUT2D eigenvalue weighted by atomic mass is 10.1. The summed E-state index contributed by atoms with van der Waals surface area (Å²) < 4.78 is 7.12. The van der Waals surface area contributed by atoms with Crippen LogP contribution in [0.1, 0.15) is 28.5 Å². The molecule has 0 fully saturated rings. The summed E-state index contributed by atoms with van der Waals surface area (Å²) in [6, 6.07) is 9.49. The summed E-state index contributed by atoms with van der Waals surface area (Å²) in [6.45, 7) is 4.92. The SMILES string of the molecule is CCn1cc(N)cc1C(=O)OCc1ccccc1C. The van der Waals surface area contributed by atoms with Crippen LogP contribution in [0.5, 0.6) is 0 Å². The van der Waals surface area contributed by atoms with Crippen LogP contribution in [0, 0.1) is 6.92 Å². The monoisotopic (exact) mass is 258 g/mol. The highest BCUT2D eigenvalue weighted by Crippen LogP contribution is 2.14. The lowest BCUT2D eigenvalue weighted by molar-refractivity contribution is 0.0459. The molecule has 1 heterocycles. The fourth-order valence-corrected chi connectivity index (χ4v) is 1.95. The van der Waals surface area contributed by atoms with E-state index >= 15 is 0 Å². The molecule has 2 rings (SSSR count). The zero-order valence-electron chi connectivity index (χ0n) is 11.2. The minimum absolute atomic E-state index is 0.278. The number of carbonyl (C=O) groups excluding carboxylic acids is 1. The molecule has 0 spiro atoms. The van der Waals surface area contributed by atoms with E-state index in [0.717, 1.165) is 11.1 Å². The quantitative estimate of drug-likeness (QED) is 0.858. The van der Waals surface area contributed by atoms with Crippen molar-refractivity contribution in [3.8, 4) is 0 Å². The number of aromatic nitrogens is 1. The molecule has 0 aliphatic rings. The highest BCUT2D eigenvalue weighted by molar-refractivity contribution is 5.89. The number of hydrogen-bond acceptors (Lipinski definition) is 3. The van der Waals surface area contributed by atoms with Gasteiger partial charge in [-0.3, -0.25) is 0 Å². The van der Waals surface area contributed by atoms with Gasteiger partial charge < -0.3 is 15.0 Å². The fourth-order valence-electron chi connectivity index (χ4n) is 1.95. The second-order valence-electron chi connectivity index (χ2n) is 4.45. The van der Waals surface area contributed by atoms with E-state index in [1.54, 1.807) is 16.8 Å². The zero-order valence-corrected chi connectivity index (χ0v) is 11.2. The Balaban J connectivity index is 2.07. The van der Waals surface area contributed by atoms with Gasteiger partial charge in [0, 0.05) is 12.7 Å². The molecule has 0 bridgehead atoms. The number of hydrogen-bond donors (Lipinski definition) is 1. The van der Waals surface area contributed by atoms with Crippen molar-refractivity contribution >= 4 is 11.7 Å². The number of nitrogens with zero attached hydrogens (tertiary/aromatic N) is 1. The van der Waals surface area contributed by atoms with Gasteiger partial charge in [-0.1, -0.05) is 24.3 Å². The van der Waals surface area contributed by atoms with Crippen LogP contribution >= 0.6 is 0 Å². The van der Waals surface area contributed by atoms with Crippen LogP contribution in [0.25, 0.3) is 0 Å². The maximum absolute atomic E-state index is 12.0. The molecule has 0 aliphatic heterocycles. The Morgan fingerprint density at radius 2 is 2.11 bits per heavy atom. The van der Waals surface area contributed by atoms with Crippen molar-refractivity contribution in [2.45, 2.75) is 27.0 Å². The first-order valence-corrected chi connectivity index (χ1v) is 6.29. The number of carbonyl (C=O) groups is 1. The number of nitrogens with two attached hydrogens (primary N) is 1. The van der Waals surface area contributed by atoms with Crippen LogP contribution in [0.15, 0.2) is 36.5 Å². The summed E-state index contributed by atoms with van der Waals surface area (Å²) in [5, 5.41) is 0. The predicted molar refractivity (Wildman–Crippen MR) is 74.8 cm³/mol. The first kappa shape index (κ1) is 13.2. The van der Waals surface area contributed by atoms with E-state index in [2.05, 4.69) is 0 Å². The number of esters is 1. The summed E-state index contributed by atoms with van der Waals surface area (Å²) in [7, 11) is 0. The number of aryl methyl sites for hydroxylation is 2. The van der Waals surface area contributed by atoms with Gasteiger partial charge in [-0.15, -0.1) is 0 Å². The van der Waals surface area contributed by atoms with Gasteiger partial charge in [-0.2, -0.15) is 0 Å². The number of anilines is 1. The zero-order chi connectivity index (χ0) is 13.8. The maximum atomic E-state index is 12.0. The molecule has 2 aromatic rings. The Morgan fingerprint density at radius 1 is 1.37 bits per heavy atom. The van der Waals surface area contributed by atoms with Gasteiger partial charge in [0.1, 0.15) is 12.3 Å². The van der Waals surface area contributed by atoms with Gasteiger partial charge in [0.25, 0.3) is 0 Å². The Hall–Kier alpha value is -2.23. The molecule has 100 valence electrons. The van der Waals surface area contributed by atoms with Gasteiger partial charge in [0.2, 0.25) is 0 Å². The van der Waals surface area contributed by atoms with Crippen LogP contribution in [-0.4, -0.2) is 10.5 Å². The second kappa shape index (κ2) is 5.61. The van der Waals surface area contributed by atoms with E-state index in [-0.39, 0.29) is 12.6 Å². The molecule has 0 unspecified atom stereocenters. The van der Waals surface area contributed by atoms with Gasteiger partial charge >= 0.3 is 5.97 Å². The van der Waals surface area contributed by atoms with Crippen LogP contribution in [0.2, 0.25) is 0 Å². The molecule has 0 saturated heterocycles. The normalized spacial score (nSPS) is 10.4. The average molecular weight is 258 g/mol. The molecule has 1 aromatic carbocycles. The highest BCUT2D eigenvalue weighted by atomic mass is 16.5. The van der Waals surface area contributed by atoms with Crippen molar-refractivity contribution < 1.29 is 9.53 Å². The van der Waals surface area contributed by atoms with Crippen molar-refractivity contribution in [3.63, 3.8) is 0 Å². The van der Waals surface area contributed by atoms with E-state index in [0.29, 0.717) is 17.9 Å². The summed E-state index contributed by atoms with van der Waals surface area (Å²) in [5.41, 5.74) is 8.89. The number of benzene rings is 1.